The Morgan fingerprint density at radius 3 is 2.21 bits per heavy atom. The van der Waals surface area contributed by atoms with Crippen molar-refractivity contribution in [1.82, 2.24) is 5.32 Å². The van der Waals surface area contributed by atoms with Crippen molar-refractivity contribution < 1.29 is 9.53 Å². The number of alkyl carbamates (subject to hydrolysis) is 1. The summed E-state index contributed by atoms with van der Waals surface area (Å²) in [5.41, 5.74) is -0.447. The lowest BCUT2D eigenvalue weighted by atomic mass is 9.94. The lowest BCUT2D eigenvalue weighted by molar-refractivity contribution is 0.0484. The van der Waals surface area contributed by atoms with E-state index in [1.54, 1.807) is 0 Å². The van der Waals surface area contributed by atoms with Crippen molar-refractivity contribution in [3.05, 3.63) is 0 Å². The molecule has 114 valence electrons. The molecule has 0 bridgehead atoms. The van der Waals surface area contributed by atoms with Gasteiger partial charge >= 0.3 is 6.09 Å². The van der Waals surface area contributed by atoms with Crippen LogP contribution in [0.4, 0.5) is 4.79 Å². The predicted octanol–water partition coefficient (Wildman–Crippen LogP) is 3.89. The quantitative estimate of drug-likeness (QED) is 0.753. The minimum absolute atomic E-state index is 0.143. The molecule has 0 radical (unpaired) electrons. The average molecular weight is 289 g/mol. The Kier molecular flexibility index (Phi) is 7.72. The second-order valence-electron chi connectivity index (χ2n) is 6.81. The minimum Gasteiger partial charge on any atom is -0.444 e. The van der Waals surface area contributed by atoms with Crippen LogP contribution in [0.25, 0.3) is 0 Å². The van der Waals surface area contributed by atoms with E-state index < -0.39 is 5.60 Å². The van der Waals surface area contributed by atoms with Crippen molar-refractivity contribution in [3.63, 3.8) is 0 Å². The van der Waals surface area contributed by atoms with E-state index in [1.165, 1.54) is 0 Å². The van der Waals surface area contributed by atoms with E-state index >= 15 is 0 Å². The van der Waals surface area contributed by atoms with Gasteiger partial charge in [-0.05, 0) is 51.0 Å². The van der Waals surface area contributed by atoms with E-state index in [0.717, 1.165) is 12.2 Å². The number of ether oxygens (including phenoxy) is 1. The van der Waals surface area contributed by atoms with Crippen LogP contribution in [0.3, 0.4) is 0 Å². The maximum Gasteiger partial charge on any atom is 0.407 e. The van der Waals surface area contributed by atoms with Crippen LogP contribution < -0.4 is 5.32 Å². The van der Waals surface area contributed by atoms with Crippen molar-refractivity contribution in [2.75, 3.05) is 12.0 Å². The average Bonchev–Trinajstić information content (AvgIpc) is 2.11. The zero-order valence-corrected chi connectivity index (χ0v) is 14.4. The highest BCUT2D eigenvalue weighted by Crippen LogP contribution is 2.19. The van der Waals surface area contributed by atoms with Crippen molar-refractivity contribution in [1.29, 1.82) is 0 Å². The molecule has 0 spiro atoms. The second kappa shape index (κ2) is 7.93. The number of rotatable bonds is 6. The maximum atomic E-state index is 11.9. The van der Waals surface area contributed by atoms with Crippen LogP contribution in [0.5, 0.6) is 0 Å². The Hall–Kier alpha value is -0.510. The molecule has 0 aliphatic carbocycles. The normalized spacial score (nSPS) is 16.8. The van der Waals surface area contributed by atoms with Crippen molar-refractivity contribution in [3.8, 4) is 0 Å². The van der Waals surface area contributed by atoms with Gasteiger partial charge in [-0.15, -0.1) is 0 Å². The molecule has 0 saturated heterocycles. The number of nitrogens with one attached hydrogen (secondary N) is 1. The summed E-state index contributed by atoms with van der Waals surface area (Å²) < 4.78 is 5.34. The number of carbonyl (C=O) groups is 1. The molecule has 0 aromatic heterocycles. The predicted molar refractivity (Wildman–Crippen MR) is 87.3 cm³/mol. The Morgan fingerprint density at radius 1 is 1.32 bits per heavy atom. The van der Waals surface area contributed by atoms with E-state index in [4.69, 9.17) is 4.74 Å². The fraction of sp³-hybridized carbons (Fsp3) is 0.867. The van der Waals surface area contributed by atoms with Crippen LogP contribution in [0.1, 0.15) is 48.0 Å². The number of hydrogen-bond donors (Lipinski definition) is 1. The Labute approximate surface area is 121 Å². The summed E-state index contributed by atoms with van der Waals surface area (Å²) in [6.07, 6.45) is 2.79. The highest BCUT2D eigenvalue weighted by Gasteiger charge is 2.23. The minimum atomic E-state index is -0.447. The van der Waals surface area contributed by atoms with Gasteiger partial charge in [-0.25, -0.2) is 4.79 Å². The molecule has 0 heterocycles. The van der Waals surface area contributed by atoms with Gasteiger partial charge in [-0.3, -0.25) is 0 Å². The maximum absolute atomic E-state index is 11.9. The van der Waals surface area contributed by atoms with Gasteiger partial charge < -0.3 is 10.1 Å². The Bertz CT molecular complexity index is 308. The summed E-state index contributed by atoms with van der Waals surface area (Å²) in [4.78, 5) is 11.9. The van der Waals surface area contributed by atoms with E-state index in [1.807, 2.05) is 20.8 Å². The first kappa shape index (κ1) is 18.5. The summed E-state index contributed by atoms with van der Waals surface area (Å²) >= 11 is 0. The SMILES string of the molecule is C=S(C)CC(C)[C@H](CC(C)C)NC(=O)OC(C)(C)C. The Morgan fingerprint density at radius 2 is 1.84 bits per heavy atom. The Balaban J connectivity index is 4.58. The molecule has 0 aliphatic rings. The van der Waals surface area contributed by atoms with Crippen LogP contribution in [-0.4, -0.2) is 35.6 Å². The summed E-state index contributed by atoms with van der Waals surface area (Å²) in [5.74, 6) is 6.06. The molecule has 19 heavy (non-hydrogen) atoms. The fourth-order valence-electron chi connectivity index (χ4n) is 1.97. The van der Waals surface area contributed by atoms with Gasteiger partial charge in [0.1, 0.15) is 5.60 Å². The molecule has 4 heteroatoms. The lowest BCUT2D eigenvalue weighted by Gasteiger charge is -2.28. The van der Waals surface area contributed by atoms with E-state index in [0.29, 0.717) is 11.8 Å². The molecule has 0 aliphatic heterocycles. The molecule has 0 rings (SSSR count). The van der Waals surface area contributed by atoms with Crippen LogP contribution in [0.2, 0.25) is 0 Å². The number of amides is 1. The topological polar surface area (TPSA) is 38.3 Å². The molecule has 1 N–H and O–H groups in total. The zero-order valence-electron chi connectivity index (χ0n) is 13.6. The summed E-state index contributed by atoms with van der Waals surface area (Å²) in [5, 5.41) is 3.03. The van der Waals surface area contributed by atoms with Gasteiger partial charge in [-0.1, -0.05) is 26.6 Å². The molecule has 1 amide bonds. The molecule has 0 aromatic carbocycles. The molecular formula is C15H31NO2S. The molecular weight excluding hydrogens is 258 g/mol. The molecule has 0 aromatic rings. The highest BCUT2D eigenvalue weighted by atomic mass is 32.2. The monoisotopic (exact) mass is 289 g/mol. The van der Waals surface area contributed by atoms with Gasteiger partial charge in [0.15, 0.2) is 0 Å². The van der Waals surface area contributed by atoms with Crippen molar-refractivity contribution in [2.24, 2.45) is 11.8 Å². The van der Waals surface area contributed by atoms with E-state index in [-0.39, 0.29) is 22.6 Å². The lowest BCUT2D eigenvalue weighted by Crippen LogP contribution is -2.43. The molecule has 3 nitrogen and oxygen atoms in total. The van der Waals surface area contributed by atoms with E-state index in [2.05, 4.69) is 38.2 Å². The van der Waals surface area contributed by atoms with Crippen LogP contribution in [0, 0.1) is 11.8 Å². The molecule has 2 unspecified atom stereocenters. The number of carbonyl (C=O) groups excluding carboxylic acids is 1. The molecule has 0 fully saturated rings. The molecule has 0 saturated carbocycles. The van der Waals surface area contributed by atoms with Crippen molar-refractivity contribution in [2.45, 2.75) is 59.6 Å². The van der Waals surface area contributed by atoms with E-state index in [9.17, 15) is 4.79 Å². The fourth-order valence-corrected chi connectivity index (χ4v) is 3.10. The van der Waals surface area contributed by atoms with Gasteiger partial charge in [-0.2, -0.15) is 10.5 Å². The third-order valence-electron chi connectivity index (χ3n) is 2.66. The second-order valence-corrected chi connectivity index (χ2v) is 8.70. The third-order valence-corrected chi connectivity index (χ3v) is 3.76. The van der Waals surface area contributed by atoms with Gasteiger partial charge in [0, 0.05) is 6.04 Å². The van der Waals surface area contributed by atoms with Crippen LogP contribution in [-0.2, 0) is 4.74 Å². The third kappa shape index (κ3) is 10.00. The van der Waals surface area contributed by atoms with Crippen molar-refractivity contribution >= 4 is 22.4 Å². The first-order chi connectivity index (χ1) is 8.51. The highest BCUT2D eigenvalue weighted by molar-refractivity contribution is 8.13. The number of hydrogen-bond acceptors (Lipinski definition) is 2. The van der Waals surface area contributed by atoms with Crippen LogP contribution >= 0.6 is 10.5 Å². The summed E-state index contributed by atoms with van der Waals surface area (Å²) in [6, 6.07) is 0.159. The van der Waals surface area contributed by atoms with Crippen LogP contribution in [0.15, 0.2) is 0 Å². The smallest absolute Gasteiger partial charge is 0.407 e. The van der Waals surface area contributed by atoms with Gasteiger partial charge in [0.2, 0.25) is 0 Å². The summed E-state index contributed by atoms with van der Waals surface area (Å²) in [7, 11) is 0.143. The zero-order chi connectivity index (χ0) is 15.2. The molecule has 3 atom stereocenters. The first-order valence-electron chi connectivity index (χ1n) is 6.93. The summed E-state index contributed by atoms with van der Waals surface area (Å²) in [6.45, 7) is 12.2. The van der Waals surface area contributed by atoms with Gasteiger partial charge in [0.25, 0.3) is 0 Å². The first-order valence-corrected chi connectivity index (χ1v) is 8.90. The standard InChI is InChI=1S/C15H31NO2S/c1-11(2)9-13(12(3)10-19(7)8)16-14(17)18-15(4,5)6/h11-13H,7,9-10H2,1-6,8H3,(H,16,17)/t12?,13-,19?/m0/s1. The van der Waals surface area contributed by atoms with Gasteiger partial charge in [0.05, 0.1) is 0 Å². The largest absolute Gasteiger partial charge is 0.444 e.